The molecule has 1 unspecified atom stereocenters. The number of carboxylic acids is 1. The van der Waals surface area contributed by atoms with Crippen LogP contribution in [-0.4, -0.2) is 36.1 Å². The number of nitrogens with one attached hydrogen (secondary N) is 2. The fraction of sp³-hybridized carbons (Fsp3) is 0.467. The number of hydrogen-bond donors (Lipinski definition) is 3. The molecule has 1 aliphatic heterocycles. The normalized spacial score (nSPS) is 23.2. The van der Waals surface area contributed by atoms with Crippen molar-refractivity contribution in [3.8, 4) is 0 Å². The lowest BCUT2D eigenvalue weighted by atomic mass is 9.96. The summed E-state index contributed by atoms with van der Waals surface area (Å²) < 4.78 is 0. The highest BCUT2D eigenvalue weighted by Gasteiger charge is 2.32. The fourth-order valence-corrected chi connectivity index (χ4v) is 2.49. The van der Waals surface area contributed by atoms with Crippen LogP contribution in [0.4, 0.5) is 0 Å². The molecule has 5 heteroatoms. The second kappa shape index (κ2) is 6.52. The Morgan fingerprint density at radius 2 is 2.05 bits per heavy atom. The molecule has 0 aliphatic carbocycles. The van der Waals surface area contributed by atoms with Crippen LogP contribution in [0.1, 0.15) is 12.5 Å². The maximum Gasteiger partial charge on any atom is 0.326 e. The van der Waals surface area contributed by atoms with Crippen LogP contribution in [0.5, 0.6) is 0 Å². The molecule has 1 aromatic rings. The molecule has 1 fully saturated rings. The van der Waals surface area contributed by atoms with Crippen LogP contribution >= 0.6 is 0 Å². The van der Waals surface area contributed by atoms with Crippen molar-refractivity contribution in [3.63, 3.8) is 0 Å². The van der Waals surface area contributed by atoms with Gasteiger partial charge in [0.2, 0.25) is 5.91 Å². The first-order chi connectivity index (χ1) is 9.58. The Kier molecular flexibility index (Phi) is 4.74. The maximum absolute atomic E-state index is 12.1. The number of rotatable bonds is 5. The highest BCUT2D eigenvalue weighted by Crippen LogP contribution is 2.16. The maximum atomic E-state index is 12.1. The Balaban J connectivity index is 1.99. The Hall–Kier alpha value is -1.88. The zero-order chi connectivity index (χ0) is 14.5. The van der Waals surface area contributed by atoms with Crippen molar-refractivity contribution >= 4 is 11.9 Å². The summed E-state index contributed by atoms with van der Waals surface area (Å²) in [6, 6.07) is 8.45. The Morgan fingerprint density at radius 1 is 1.35 bits per heavy atom. The van der Waals surface area contributed by atoms with E-state index in [4.69, 9.17) is 0 Å². The Morgan fingerprint density at radius 3 is 2.60 bits per heavy atom. The van der Waals surface area contributed by atoms with Gasteiger partial charge in [0.05, 0.1) is 5.92 Å². The molecule has 108 valence electrons. The second-order valence-electron chi connectivity index (χ2n) is 5.33. The molecule has 3 N–H and O–H groups in total. The smallest absolute Gasteiger partial charge is 0.326 e. The van der Waals surface area contributed by atoms with Gasteiger partial charge < -0.3 is 15.7 Å². The molecule has 2 rings (SSSR count). The summed E-state index contributed by atoms with van der Waals surface area (Å²) in [5, 5.41) is 15.1. The van der Waals surface area contributed by atoms with Gasteiger partial charge in [0.1, 0.15) is 6.04 Å². The van der Waals surface area contributed by atoms with Gasteiger partial charge in [-0.2, -0.15) is 0 Å². The number of carbonyl (C=O) groups is 2. The van der Waals surface area contributed by atoms with Crippen LogP contribution in [0.3, 0.4) is 0 Å². The zero-order valence-corrected chi connectivity index (χ0v) is 11.5. The minimum absolute atomic E-state index is 0.146. The number of hydrogen-bond acceptors (Lipinski definition) is 3. The molecule has 1 saturated heterocycles. The van der Waals surface area contributed by atoms with Crippen LogP contribution in [0.2, 0.25) is 0 Å². The minimum atomic E-state index is -0.999. The molecule has 1 heterocycles. The first-order valence-electron chi connectivity index (χ1n) is 6.85. The molecule has 5 nitrogen and oxygen atoms in total. The summed E-state index contributed by atoms with van der Waals surface area (Å²) in [5.74, 6) is -1.08. The minimum Gasteiger partial charge on any atom is -0.480 e. The van der Waals surface area contributed by atoms with Gasteiger partial charge >= 0.3 is 5.97 Å². The van der Waals surface area contributed by atoms with Crippen molar-refractivity contribution in [3.05, 3.63) is 35.9 Å². The molecule has 3 atom stereocenters. The van der Waals surface area contributed by atoms with Crippen molar-refractivity contribution in [2.24, 2.45) is 11.8 Å². The summed E-state index contributed by atoms with van der Waals surface area (Å²) in [4.78, 5) is 23.5. The van der Waals surface area contributed by atoms with Gasteiger partial charge in [-0.05, 0) is 18.0 Å². The van der Waals surface area contributed by atoms with Gasteiger partial charge in [-0.3, -0.25) is 4.79 Å². The van der Waals surface area contributed by atoms with Gasteiger partial charge in [-0.25, -0.2) is 4.79 Å². The summed E-state index contributed by atoms with van der Waals surface area (Å²) in [7, 11) is 0. The van der Waals surface area contributed by atoms with E-state index >= 15 is 0 Å². The predicted molar refractivity (Wildman–Crippen MR) is 75.2 cm³/mol. The van der Waals surface area contributed by atoms with Gasteiger partial charge in [0.15, 0.2) is 0 Å². The average Bonchev–Trinajstić information content (AvgIpc) is 2.85. The molecular formula is C15H20N2O3. The topological polar surface area (TPSA) is 78.4 Å². The Bertz CT molecular complexity index is 475. The van der Waals surface area contributed by atoms with E-state index in [1.807, 2.05) is 37.3 Å². The van der Waals surface area contributed by atoms with Crippen molar-refractivity contribution in [2.75, 3.05) is 13.1 Å². The Labute approximate surface area is 118 Å². The van der Waals surface area contributed by atoms with E-state index in [1.54, 1.807) is 0 Å². The lowest BCUT2D eigenvalue weighted by molar-refractivity contribution is -0.142. The molecule has 0 spiro atoms. The number of amides is 1. The van der Waals surface area contributed by atoms with E-state index in [2.05, 4.69) is 10.6 Å². The van der Waals surface area contributed by atoms with Gasteiger partial charge in [0.25, 0.3) is 0 Å². The van der Waals surface area contributed by atoms with Gasteiger partial charge in [-0.1, -0.05) is 37.3 Å². The van der Waals surface area contributed by atoms with Crippen LogP contribution < -0.4 is 10.6 Å². The number of carboxylic acid groups (broad SMARTS) is 1. The van der Waals surface area contributed by atoms with E-state index < -0.39 is 12.0 Å². The third kappa shape index (κ3) is 3.57. The van der Waals surface area contributed by atoms with Gasteiger partial charge in [0, 0.05) is 13.0 Å². The third-order valence-corrected chi connectivity index (χ3v) is 3.75. The summed E-state index contributed by atoms with van der Waals surface area (Å²) in [6.07, 6.45) is 0.302. The number of aliphatic carboxylic acids is 1. The molecule has 1 aromatic carbocycles. The third-order valence-electron chi connectivity index (χ3n) is 3.75. The molecule has 0 saturated carbocycles. The van der Waals surface area contributed by atoms with Crippen molar-refractivity contribution in [1.29, 1.82) is 0 Å². The fourth-order valence-electron chi connectivity index (χ4n) is 2.49. The first kappa shape index (κ1) is 14.5. The van der Waals surface area contributed by atoms with Crippen LogP contribution in [0.15, 0.2) is 30.3 Å². The molecule has 20 heavy (non-hydrogen) atoms. The standard InChI is InChI=1S/C15H20N2O3/c1-10-8-16-9-12(10)14(18)17-13(15(19)20)7-11-5-3-2-4-6-11/h2-6,10,12-13,16H,7-9H2,1H3,(H,17,18)(H,19,20)/t10-,12-,13?/m1/s1. The van der Waals surface area contributed by atoms with Crippen molar-refractivity contribution in [1.82, 2.24) is 10.6 Å². The predicted octanol–water partition coefficient (Wildman–Crippen LogP) is 0.654. The highest BCUT2D eigenvalue weighted by atomic mass is 16.4. The summed E-state index contributed by atoms with van der Waals surface area (Å²) in [5.41, 5.74) is 0.901. The molecule has 0 bridgehead atoms. The lowest BCUT2D eigenvalue weighted by Crippen LogP contribution is -2.46. The summed E-state index contributed by atoms with van der Waals surface area (Å²) in [6.45, 7) is 3.41. The largest absolute Gasteiger partial charge is 0.480 e. The number of benzene rings is 1. The SMILES string of the molecule is C[C@@H]1CNC[C@H]1C(=O)NC(Cc1ccccc1)C(=O)O. The zero-order valence-electron chi connectivity index (χ0n) is 11.5. The van der Waals surface area contributed by atoms with E-state index in [9.17, 15) is 14.7 Å². The number of carbonyl (C=O) groups excluding carboxylic acids is 1. The monoisotopic (exact) mass is 276 g/mol. The molecule has 1 amide bonds. The van der Waals surface area contributed by atoms with E-state index in [1.165, 1.54) is 0 Å². The van der Waals surface area contributed by atoms with E-state index in [0.717, 1.165) is 12.1 Å². The average molecular weight is 276 g/mol. The first-order valence-corrected chi connectivity index (χ1v) is 6.85. The molecule has 0 aromatic heterocycles. The van der Waals surface area contributed by atoms with Crippen LogP contribution in [-0.2, 0) is 16.0 Å². The quantitative estimate of drug-likeness (QED) is 0.738. The van der Waals surface area contributed by atoms with Crippen molar-refractivity contribution < 1.29 is 14.7 Å². The van der Waals surface area contributed by atoms with E-state index in [-0.39, 0.29) is 17.7 Å². The molecule has 0 radical (unpaired) electrons. The summed E-state index contributed by atoms with van der Waals surface area (Å²) >= 11 is 0. The second-order valence-corrected chi connectivity index (χ2v) is 5.33. The molecular weight excluding hydrogens is 256 g/mol. The van der Waals surface area contributed by atoms with Crippen LogP contribution in [0.25, 0.3) is 0 Å². The molecule has 1 aliphatic rings. The highest BCUT2D eigenvalue weighted by molar-refractivity contribution is 5.85. The van der Waals surface area contributed by atoms with Gasteiger partial charge in [-0.15, -0.1) is 0 Å². The van der Waals surface area contributed by atoms with Crippen molar-refractivity contribution in [2.45, 2.75) is 19.4 Å². The lowest BCUT2D eigenvalue weighted by Gasteiger charge is -2.19. The van der Waals surface area contributed by atoms with Crippen LogP contribution in [0, 0.1) is 11.8 Å². The van der Waals surface area contributed by atoms with E-state index in [0.29, 0.717) is 13.0 Å².